The number of fused-ring (bicyclic) bond motifs is 6. The molecule has 0 aliphatic carbocycles. The van der Waals surface area contributed by atoms with Gasteiger partial charge in [-0.3, -0.25) is 19.6 Å². The number of rotatable bonds is 10. The summed E-state index contributed by atoms with van der Waals surface area (Å²) in [6.07, 6.45) is 9.08. The van der Waals surface area contributed by atoms with Crippen LogP contribution in [-0.4, -0.2) is 179 Å². The predicted molar refractivity (Wildman–Crippen MR) is 250 cm³/mol. The van der Waals surface area contributed by atoms with Crippen LogP contribution in [0.4, 0.5) is 0 Å². The molecule has 4 bridgehead atoms. The first-order valence-corrected chi connectivity index (χ1v) is 24.3. The second-order valence-corrected chi connectivity index (χ2v) is 20.0. The van der Waals surface area contributed by atoms with Gasteiger partial charge in [-0.05, 0) is 76.1 Å². The molecule has 0 saturated carbocycles. The summed E-state index contributed by atoms with van der Waals surface area (Å²) in [5.74, 6) is 0. The third-order valence-corrected chi connectivity index (χ3v) is 14.4. The van der Waals surface area contributed by atoms with Gasteiger partial charge in [-0.1, -0.05) is 134 Å². The fourth-order valence-corrected chi connectivity index (χ4v) is 9.77. The Balaban J connectivity index is 0.000000262. The molecule has 2 aromatic rings. The van der Waals surface area contributed by atoms with E-state index in [0.29, 0.717) is 0 Å². The summed E-state index contributed by atoms with van der Waals surface area (Å²) in [6.45, 7) is 27.7. The topological polar surface area (TPSA) is 25.9 Å². The number of benzene rings is 2. The number of hydrogen-bond acceptors (Lipinski definition) is 8. The van der Waals surface area contributed by atoms with Crippen LogP contribution in [0, 0.1) is 0 Å². The standard InChI is InChI=1S/C26H36Cl2N4.C20H40Cl2N4.Mn/c27-26(28)12-15-31(23-25-10-5-2-6-11-25)17-16-29-13-7-14-30(19-21-32(26)20-18-29)22-24-8-3-1-4-9-24;1-3-5-9-23-11-7-12-25-15-14-24(10-6-4-2)13-8-20(21,22)26(18-16-23)19-17-25;/h1-6,8-11H,7,12-23H2;3-19H2,1-2H3;. The van der Waals surface area contributed by atoms with Crippen molar-refractivity contribution in [2.24, 2.45) is 0 Å². The summed E-state index contributed by atoms with van der Waals surface area (Å²) in [5, 5.41) is 0. The van der Waals surface area contributed by atoms with E-state index in [1.165, 1.54) is 82.4 Å². The maximum atomic E-state index is 6.99. The van der Waals surface area contributed by atoms with Crippen molar-refractivity contribution in [3.63, 3.8) is 0 Å². The van der Waals surface area contributed by atoms with Crippen LogP contribution in [0.15, 0.2) is 60.7 Å². The van der Waals surface area contributed by atoms with Gasteiger partial charge in [0.05, 0.1) is 0 Å². The van der Waals surface area contributed by atoms with Crippen molar-refractivity contribution < 1.29 is 17.1 Å². The summed E-state index contributed by atoms with van der Waals surface area (Å²) in [5.41, 5.74) is 2.72. The van der Waals surface area contributed by atoms with Gasteiger partial charge in [0, 0.05) is 135 Å². The van der Waals surface area contributed by atoms with Crippen molar-refractivity contribution in [3.05, 3.63) is 71.8 Å². The van der Waals surface area contributed by atoms with E-state index in [9.17, 15) is 0 Å². The molecule has 0 spiro atoms. The molecule has 1 radical (unpaired) electrons. The zero-order valence-electron chi connectivity index (χ0n) is 36.5. The molecule has 59 heavy (non-hydrogen) atoms. The molecule has 0 aromatic heterocycles. The molecule has 4 atom stereocenters. The SMILES string of the molecule is CCCCN1CCCN2CCN(CCCC)CCC(Cl)(Cl)N(CC1)CC2.ClC1(Cl)CCN(Cc2ccccc2)CCN2CCCN(Cc3ccccc3)CCN1CC2.[Mn]. The Bertz CT molecular complexity index is 1380. The Morgan fingerprint density at radius 1 is 0.424 bits per heavy atom. The molecule has 2 aromatic carbocycles. The van der Waals surface area contributed by atoms with E-state index in [4.69, 9.17) is 46.4 Å². The normalized spacial score (nSPS) is 27.1. The van der Waals surface area contributed by atoms with Gasteiger partial charge in [0.25, 0.3) is 0 Å². The molecule has 13 heteroatoms. The zero-order valence-corrected chi connectivity index (χ0v) is 40.7. The van der Waals surface area contributed by atoms with Gasteiger partial charge in [-0.2, -0.15) is 0 Å². The van der Waals surface area contributed by atoms with Crippen molar-refractivity contribution in [2.45, 2.75) is 87.2 Å². The van der Waals surface area contributed by atoms with Crippen molar-refractivity contribution in [3.8, 4) is 0 Å². The fourth-order valence-electron chi connectivity index (χ4n) is 8.76. The van der Waals surface area contributed by atoms with E-state index in [-0.39, 0.29) is 17.1 Å². The molecular formula is C46H76Cl4MnN8. The molecule has 4 saturated heterocycles. The number of halogens is 4. The average Bonchev–Trinajstić information content (AvgIpc) is 3.22. The van der Waals surface area contributed by atoms with Gasteiger partial charge in [0.2, 0.25) is 0 Å². The van der Waals surface area contributed by atoms with Crippen LogP contribution < -0.4 is 0 Å². The van der Waals surface area contributed by atoms with E-state index in [0.717, 1.165) is 124 Å². The average molecular weight is 938 g/mol. The van der Waals surface area contributed by atoms with Crippen molar-refractivity contribution >= 4 is 46.4 Å². The molecule has 4 fully saturated rings. The smallest absolute Gasteiger partial charge is 0.172 e. The van der Waals surface area contributed by atoms with Gasteiger partial charge < -0.3 is 19.6 Å². The van der Waals surface area contributed by atoms with E-state index in [1.54, 1.807) is 0 Å². The fraction of sp³-hybridized carbons (Fsp3) is 0.739. The number of hydrogen-bond donors (Lipinski definition) is 0. The predicted octanol–water partition coefficient (Wildman–Crippen LogP) is 8.26. The Kier molecular flexibility index (Phi) is 24.3. The van der Waals surface area contributed by atoms with Crippen LogP contribution in [0.2, 0.25) is 0 Å². The third-order valence-electron chi connectivity index (χ3n) is 12.6. The Hall–Kier alpha value is -0.201. The zero-order chi connectivity index (χ0) is 41.1. The molecule has 4 heterocycles. The second-order valence-electron chi connectivity index (χ2n) is 17.1. The van der Waals surface area contributed by atoms with Gasteiger partial charge in [0.1, 0.15) is 0 Å². The Labute approximate surface area is 390 Å². The molecule has 8 nitrogen and oxygen atoms in total. The van der Waals surface area contributed by atoms with Crippen LogP contribution >= 0.6 is 46.4 Å². The largest absolute Gasteiger partial charge is 0.302 e. The molecule has 0 N–H and O–H groups in total. The van der Waals surface area contributed by atoms with Gasteiger partial charge in [0.15, 0.2) is 8.91 Å². The van der Waals surface area contributed by atoms with Crippen LogP contribution in [0.25, 0.3) is 0 Å². The minimum absolute atomic E-state index is 0. The second kappa shape index (κ2) is 27.9. The monoisotopic (exact) mass is 935 g/mol. The first-order chi connectivity index (χ1) is 28.1. The van der Waals surface area contributed by atoms with Crippen LogP contribution in [0.3, 0.4) is 0 Å². The molecule has 0 amide bonds. The van der Waals surface area contributed by atoms with E-state index >= 15 is 0 Å². The van der Waals surface area contributed by atoms with Gasteiger partial charge >= 0.3 is 0 Å². The van der Waals surface area contributed by atoms with Crippen molar-refractivity contribution in [1.82, 2.24) is 39.2 Å². The van der Waals surface area contributed by atoms with Crippen LogP contribution in [-0.2, 0) is 30.2 Å². The first-order valence-electron chi connectivity index (χ1n) is 22.8. The number of alkyl halides is 4. The van der Waals surface area contributed by atoms with Crippen molar-refractivity contribution in [1.29, 1.82) is 0 Å². The van der Waals surface area contributed by atoms with E-state index < -0.39 is 8.91 Å². The summed E-state index contributed by atoms with van der Waals surface area (Å²) in [7, 11) is 0. The Morgan fingerprint density at radius 3 is 1.27 bits per heavy atom. The van der Waals surface area contributed by atoms with Crippen LogP contribution in [0.5, 0.6) is 0 Å². The van der Waals surface area contributed by atoms with Crippen LogP contribution in [0.1, 0.15) is 76.3 Å². The minimum Gasteiger partial charge on any atom is -0.302 e. The Morgan fingerprint density at radius 2 is 0.780 bits per heavy atom. The van der Waals surface area contributed by atoms with E-state index in [2.05, 4.69) is 114 Å². The summed E-state index contributed by atoms with van der Waals surface area (Å²) >= 11 is 27.7. The number of unbranched alkanes of at least 4 members (excludes halogenated alkanes) is 2. The maximum absolute atomic E-state index is 6.99. The minimum atomic E-state index is -0.838. The van der Waals surface area contributed by atoms with Gasteiger partial charge in [-0.15, -0.1) is 0 Å². The first kappa shape index (κ1) is 51.4. The molecule has 4 aliphatic heterocycles. The molecule has 4 aliphatic rings. The molecule has 6 rings (SSSR count). The molecule has 4 unspecified atom stereocenters. The quantitative estimate of drug-likeness (QED) is 0.134. The van der Waals surface area contributed by atoms with E-state index in [1.807, 2.05) is 0 Å². The summed E-state index contributed by atoms with van der Waals surface area (Å²) < 4.78 is -1.58. The van der Waals surface area contributed by atoms with Crippen molar-refractivity contribution in [2.75, 3.05) is 131 Å². The summed E-state index contributed by atoms with van der Waals surface area (Å²) in [4.78, 5) is 20.1. The summed E-state index contributed by atoms with van der Waals surface area (Å²) in [6, 6.07) is 21.5. The molecular weight excluding hydrogens is 861 g/mol. The maximum Gasteiger partial charge on any atom is 0.172 e. The molecule has 335 valence electrons. The van der Waals surface area contributed by atoms with Gasteiger partial charge in [-0.25, -0.2) is 0 Å². The number of nitrogens with zero attached hydrogens (tertiary/aromatic N) is 8. The third kappa shape index (κ3) is 18.8.